The van der Waals surface area contributed by atoms with Gasteiger partial charge in [-0.1, -0.05) is 30.3 Å². The summed E-state index contributed by atoms with van der Waals surface area (Å²) in [5.41, 5.74) is 5.84. The van der Waals surface area contributed by atoms with Crippen LogP contribution in [0.5, 0.6) is 5.88 Å². The van der Waals surface area contributed by atoms with Crippen LogP contribution in [0.1, 0.15) is 5.82 Å². The molecule has 0 radical (unpaired) electrons. The molecule has 2 aromatic rings. The third-order valence-electron chi connectivity index (χ3n) is 2.39. The van der Waals surface area contributed by atoms with Crippen LogP contribution in [0.3, 0.4) is 0 Å². The SMILES string of the molecule is NCCc1nc(O)c(-c2ccccc2)c(=O)[nH]1. The first kappa shape index (κ1) is 11.3. The van der Waals surface area contributed by atoms with Gasteiger partial charge in [0.25, 0.3) is 5.56 Å². The quantitative estimate of drug-likeness (QED) is 0.723. The molecule has 5 heteroatoms. The predicted octanol–water partition coefficient (Wildman–Crippen LogP) is 0.644. The van der Waals surface area contributed by atoms with Crippen molar-refractivity contribution in [3.05, 3.63) is 46.5 Å². The van der Waals surface area contributed by atoms with Crippen molar-refractivity contribution in [1.82, 2.24) is 9.97 Å². The minimum atomic E-state index is -0.354. The first-order valence-electron chi connectivity index (χ1n) is 5.30. The van der Waals surface area contributed by atoms with Crippen LogP contribution in [-0.4, -0.2) is 21.6 Å². The van der Waals surface area contributed by atoms with E-state index in [1.54, 1.807) is 24.3 Å². The number of aromatic amines is 1. The van der Waals surface area contributed by atoms with Gasteiger partial charge >= 0.3 is 0 Å². The van der Waals surface area contributed by atoms with Crippen molar-refractivity contribution in [1.29, 1.82) is 0 Å². The summed E-state index contributed by atoms with van der Waals surface area (Å²) in [6.07, 6.45) is 0.428. The minimum absolute atomic E-state index is 0.186. The Morgan fingerprint density at radius 2 is 2.00 bits per heavy atom. The fraction of sp³-hybridized carbons (Fsp3) is 0.167. The standard InChI is InChI=1S/C12H13N3O2/c13-7-6-9-14-11(16)10(12(17)15-9)8-4-2-1-3-5-8/h1-5H,6-7,13H2,(H2,14,15,16,17). The van der Waals surface area contributed by atoms with E-state index in [4.69, 9.17) is 5.73 Å². The summed E-state index contributed by atoms with van der Waals surface area (Å²) in [5, 5.41) is 9.78. The smallest absolute Gasteiger partial charge is 0.262 e. The number of benzene rings is 1. The average Bonchev–Trinajstić information content (AvgIpc) is 2.30. The summed E-state index contributed by atoms with van der Waals surface area (Å²) >= 11 is 0. The van der Waals surface area contributed by atoms with E-state index in [0.717, 1.165) is 0 Å². The van der Waals surface area contributed by atoms with Crippen LogP contribution in [0.15, 0.2) is 35.1 Å². The molecule has 0 aliphatic rings. The fourth-order valence-corrected chi connectivity index (χ4v) is 1.63. The Kier molecular flexibility index (Phi) is 3.20. The van der Waals surface area contributed by atoms with Crippen molar-refractivity contribution in [3.63, 3.8) is 0 Å². The lowest BCUT2D eigenvalue weighted by Gasteiger charge is -2.05. The molecular weight excluding hydrogens is 218 g/mol. The highest BCUT2D eigenvalue weighted by atomic mass is 16.3. The van der Waals surface area contributed by atoms with Gasteiger partial charge in [-0.15, -0.1) is 0 Å². The van der Waals surface area contributed by atoms with E-state index >= 15 is 0 Å². The van der Waals surface area contributed by atoms with Crippen molar-refractivity contribution in [3.8, 4) is 17.0 Å². The summed E-state index contributed by atoms with van der Waals surface area (Å²) in [7, 11) is 0. The fourth-order valence-electron chi connectivity index (χ4n) is 1.63. The van der Waals surface area contributed by atoms with Gasteiger partial charge in [0.15, 0.2) is 0 Å². The number of hydrogen-bond donors (Lipinski definition) is 3. The monoisotopic (exact) mass is 231 g/mol. The number of hydrogen-bond acceptors (Lipinski definition) is 4. The maximum atomic E-state index is 11.8. The average molecular weight is 231 g/mol. The normalized spacial score (nSPS) is 10.4. The van der Waals surface area contributed by atoms with E-state index in [1.807, 2.05) is 6.07 Å². The Bertz CT molecular complexity index is 564. The highest BCUT2D eigenvalue weighted by molar-refractivity contribution is 5.66. The topological polar surface area (TPSA) is 92.0 Å². The first-order chi connectivity index (χ1) is 8.22. The van der Waals surface area contributed by atoms with E-state index in [2.05, 4.69) is 9.97 Å². The maximum Gasteiger partial charge on any atom is 0.262 e. The molecule has 0 aliphatic carbocycles. The van der Waals surface area contributed by atoms with Gasteiger partial charge < -0.3 is 15.8 Å². The molecule has 0 atom stereocenters. The summed E-state index contributed by atoms with van der Waals surface area (Å²) in [4.78, 5) is 18.4. The highest BCUT2D eigenvalue weighted by Gasteiger charge is 2.11. The molecule has 4 N–H and O–H groups in total. The summed E-state index contributed by atoms with van der Waals surface area (Å²) in [6.45, 7) is 0.368. The molecule has 88 valence electrons. The Hall–Kier alpha value is -2.14. The molecule has 17 heavy (non-hydrogen) atoms. The molecule has 0 aliphatic heterocycles. The molecule has 2 rings (SSSR count). The number of aromatic nitrogens is 2. The van der Waals surface area contributed by atoms with Crippen LogP contribution < -0.4 is 11.3 Å². The van der Waals surface area contributed by atoms with Gasteiger partial charge in [-0.05, 0) is 12.1 Å². The summed E-state index contributed by atoms with van der Waals surface area (Å²) in [6, 6.07) is 8.91. The van der Waals surface area contributed by atoms with Crippen LogP contribution in [0, 0.1) is 0 Å². The lowest BCUT2D eigenvalue weighted by atomic mass is 10.1. The van der Waals surface area contributed by atoms with Gasteiger partial charge in [-0.2, -0.15) is 4.98 Å². The molecule has 5 nitrogen and oxygen atoms in total. The Morgan fingerprint density at radius 3 is 2.59 bits per heavy atom. The van der Waals surface area contributed by atoms with Crippen molar-refractivity contribution >= 4 is 0 Å². The summed E-state index contributed by atoms with van der Waals surface area (Å²) < 4.78 is 0. The van der Waals surface area contributed by atoms with Crippen LogP contribution >= 0.6 is 0 Å². The van der Waals surface area contributed by atoms with Crippen molar-refractivity contribution < 1.29 is 5.11 Å². The van der Waals surface area contributed by atoms with E-state index in [9.17, 15) is 9.90 Å². The number of nitrogens with two attached hydrogens (primary N) is 1. The zero-order valence-electron chi connectivity index (χ0n) is 9.18. The minimum Gasteiger partial charge on any atom is -0.493 e. The predicted molar refractivity (Wildman–Crippen MR) is 64.7 cm³/mol. The third-order valence-corrected chi connectivity index (χ3v) is 2.39. The van der Waals surface area contributed by atoms with Crippen LogP contribution in [0.2, 0.25) is 0 Å². The van der Waals surface area contributed by atoms with Gasteiger partial charge in [0, 0.05) is 6.42 Å². The largest absolute Gasteiger partial charge is 0.493 e. The number of rotatable bonds is 3. The first-order valence-corrected chi connectivity index (χ1v) is 5.30. The second kappa shape index (κ2) is 4.80. The van der Waals surface area contributed by atoms with Crippen molar-refractivity contribution in [2.24, 2.45) is 5.73 Å². The molecule has 0 spiro atoms. The van der Waals surface area contributed by atoms with Crippen molar-refractivity contribution in [2.75, 3.05) is 6.54 Å². The highest BCUT2D eigenvalue weighted by Crippen LogP contribution is 2.22. The molecule has 0 saturated heterocycles. The van der Waals surface area contributed by atoms with Gasteiger partial charge in [-0.25, -0.2) is 0 Å². The third kappa shape index (κ3) is 2.34. The molecule has 0 unspecified atom stereocenters. The molecule has 1 heterocycles. The maximum absolute atomic E-state index is 11.8. The number of H-pyrrole nitrogens is 1. The van der Waals surface area contributed by atoms with Gasteiger partial charge in [0.2, 0.25) is 5.88 Å². The van der Waals surface area contributed by atoms with Gasteiger partial charge in [0.05, 0.1) is 0 Å². The Labute approximate surface area is 98.0 Å². The van der Waals surface area contributed by atoms with Crippen LogP contribution in [0.25, 0.3) is 11.1 Å². The summed E-state index contributed by atoms with van der Waals surface area (Å²) in [5.74, 6) is 0.137. The Balaban J connectivity index is 2.53. The zero-order valence-corrected chi connectivity index (χ0v) is 9.18. The van der Waals surface area contributed by atoms with Gasteiger partial charge in [-0.3, -0.25) is 4.79 Å². The zero-order chi connectivity index (χ0) is 12.3. The van der Waals surface area contributed by atoms with E-state index in [1.165, 1.54) is 0 Å². The number of nitrogens with zero attached hydrogens (tertiary/aromatic N) is 1. The second-order valence-corrected chi connectivity index (χ2v) is 3.62. The molecule has 1 aromatic heterocycles. The Morgan fingerprint density at radius 1 is 1.29 bits per heavy atom. The van der Waals surface area contributed by atoms with Gasteiger partial charge in [0.1, 0.15) is 11.4 Å². The number of aromatic hydroxyl groups is 1. The lowest BCUT2D eigenvalue weighted by Crippen LogP contribution is -2.16. The molecule has 0 fully saturated rings. The second-order valence-electron chi connectivity index (χ2n) is 3.62. The van der Waals surface area contributed by atoms with Crippen LogP contribution in [0.4, 0.5) is 0 Å². The van der Waals surface area contributed by atoms with Crippen LogP contribution in [-0.2, 0) is 6.42 Å². The van der Waals surface area contributed by atoms with E-state index in [-0.39, 0.29) is 17.0 Å². The van der Waals surface area contributed by atoms with Crippen molar-refractivity contribution in [2.45, 2.75) is 6.42 Å². The number of nitrogens with one attached hydrogen (secondary N) is 1. The lowest BCUT2D eigenvalue weighted by molar-refractivity contribution is 0.450. The van der Waals surface area contributed by atoms with E-state index < -0.39 is 0 Å². The van der Waals surface area contributed by atoms with E-state index in [0.29, 0.717) is 24.4 Å². The molecule has 0 saturated carbocycles. The molecular formula is C12H13N3O2. The molecule has 1 aromatic carbocycles. The molecule has 0 amide bonds. The molecule has 0 bridgehead atoms.